The molecule has 2 heterocycles. The van der Waals surface area contributed by atoms with Gasteiger partial charge in [-0.25, -0.2) is 0 Å². The summed E-state index contributed by atoms with van der Waals surface area (Å²) in [5.41, 5.74) is 6.28. The summed E-state index contributed by atoms with van der Waals surface area (Å²) in [5, 5.41) is 8.57. The van der Waals surface area contributed by atoms with E-state index < -0.39 is 35.3 Å². The van der Waals surface area contributed by atoms with Crippen LogP contribution in [0, 0.1) is 18.8 Å². The summed E-state index contributed by atoms with van der Waals surface area (Å²) in [5.74, 6) is -0.503. The number of primary amides is 1. The van der Waals surface area contributed by atoms with Crippen LogP contribution in [0.4, 0.5) is 0 Å². The van der Waals surface area contributed by atoms with E-state index in [2.05, 4.69) is 20.9 Å². The maximum atomic E-state index is 13.6. The quantitative estimate of drug-likeness (QED) is 0.239. The van der Waals surface area contributed by atoms with Gasteiger partial charge in [0.2, 0.25) is 23.6 Å². The Morgan fingerprint density at radius 1 is 1.13 bits per heavy atom. The van der Waals surface area contributed by atoms with Crippen molar-refractivity contribution in [2.75, 3.05) is 19.0 Å². The SMILES string of the molecule is CC[C@H](C)[C@H](NC(=O)[C@H](CC(C)C)NC(=O)C1(NC(=O)CCSCc2cccc(C)n2)CCOCC1)C(N)=O. The third kappa shape index (κ3) is 10.4. The van der Waals surface area contributed by atoms with Crippen molar-refractivity contribution in [2.45, 2.75) is 90.1 Å². The first-order chi connectivity index (χ1) is 18.5. The van der Waals surface area contributed by atoms with Gasteiger partial charge >= 0.3 is 0 Å². The summed E-state index contributed by atoms with van der Waals surface area (Å²) in [6.45, 7) is 10.2. The Balaban J connectivity index is 2.05. The van der Waals surface area contributed by atoms with Gasteiger partial charge in [0.1, 0.15) is 17.6 Å². The van der Waals surface area contributed by atoms with Crippen molar-refractivity contribution in [1.82, 2.24) is 20.9 Å². The van der Waals surface area contributed by atoms with Gasteiger partial charge in [-0.2, -0.15) is 11.8 Å². The van der Waals surface area contributed by atoms with E-state index in [1.807, 2.05) is 52.8 Å². The lowest BCUT2D eigenvalue weighted by Gasteiger charge is -2.38. The Morgan fingerprint density at radius 2 is 1.82 bits per heavy atom. The van der Waals surface area contributed by atoms with Crippen LogP contribution >= 0.6 is 11.8 Å². The Kier molecular flexibility index (Phi) is 13.2. The Labute approximate surface area is 236 Å². The standard InChI is InChI=1S/C28H45N5O5S/c1-6-19(4)24(25(29)35)32-26(36)22(16-18(2)3)31-27(37)28(11-13-38-14-12-28)33-23(34)10-15-39-17-21-9-7-8-20(5)30-21/h7-9,18-19,22,24H,6,10-17H2,1-5H3,(H2,29,35)(H,31,37)(H,32,36)(H,33,34)/t19-,22-,24-/m0/s1. The average Bonchev–Trinajstić information content (AvgIpc) is 2.88. The van der Waals surface area contributed by atoms with Gasteiger partial charge in [-0.1, -0.05) is 40.2 Å². The third-order valence-corrected chi connectivity index (χ3v) is 7.97. The number of hydrogen-bond acceptors (Lipinski definition) is 7. The first-order valence-corrected chi connectivity index (χ1v) is 14.9. The average molecular weight is 564 g/mol. The van der Waals surface area contributed by atoms with E-state index in [1.165, 1.54) is 0 Å². The Hall–Kier alpha value is -2.66. The summed E-state index contributed by atoms with van der Waals surface area (Å²) >= 11 is 1.61. The lowest BCUT2D eigenvalue weighted by molar-refractivity contribution is -0.140. The smallest absolute Gasteiger partial charge is 0.246 e. The second-order valence-electron chi connectivity index (χ2n) is 10.7. The van der Waals surface area contributed by atoms with Gasteiger partial charge in [-0.3, -0.25) is 24.2 Å². The zero-order valence-electron chi connectivity index (χ0n) is 23.9. The van der Waals surface area contributed by atoms with Crippen molar-refractivity contribution >= 4 is 35.4 Å². The number of nitrogens with zero attached hydrogens (tertiary/aromatic N) is 1. The molecule has 0 spiro atoms. The highest BCUT2D eigenvalue weighted by Gasteiger charge is 2.43. The zero-order chi connectivity index (χ0) is 29.0. The summed E-state index contributed by atoms with van der Waals surface area (Å²) < 4.78 is 5.48. The summed E-state index contributed by atoms with van der Waals surface area (Å²) in [6, 6.07) is 4.15. The molecule has 1 aromatic heterocycles. The van der Waals surface area contributed by atoms with Gasteiger partial charge in [-0.05, 0) is 37.3 Å². The van der Waals surface area contributed by atoms with Crippen LogP contribution in [0.15, 0.2) is 18.2 Å². The van der Waals surface area contributed by atoms with Gasteiger partial charge in [0.25, 0.3) is 0 Å². The molecule has 0 aromatic carbocycles. The van der Waals surface area contributed by atoms with E-state index in [0.717, 1.165) is 11.4 Å². The number of pyridine rings is 1. The van der Waals surface area contributed by atoms with Crippen molar-refractivity contribution in [2.24, 2.45) is 17.6 Å². The molecule has 0 unspecified atom stereocenters. The lowest BCUT2D eigenvalue weighted by Crippen LogP contribution is -2.64. The number of rotatable bonds is 15. The highest BCUT2D eigenvalue weighted by Crippen LogP contribution is 2.23. The van der Waals surface area contributed by atoms with Crippen molar-refractivity contribution in [1.29, 1.82) is 0 Å². The van der Waals surface area contributed by atoms with Crippen LogP contribution in [-0.4, -0.2) is 65.2 Å². The molecule has 218 valence electrons. The molecular weight excluding hydrogens is 518 g/mol. The minimum atomic E-state index is -1.17. The van der Waals surface area contributed by atoms with Gasteiger partial charge in [0, 0.05) is 49.7 Å². The Bertz CT molecular complexity index is 983. The molecule has 11 heteroatoms. The second kappa shape index (κ2) is 15.8. The Morgan fingerprint density at radius 3 is 2.41 bits per heavy atom. The molecule has 2 rings (SSSR count). The maximum Gasteiger partial charge on any atom is 0.246 e. The number of carbonyl (C=O) groups is 4. The van der Waals surface area contributed by atoms with Crippen molar-refractivity contribution in [3.8, 4) is 0 Å². The molecule has 3 atom stereocenters. The van der Waals surface area contributed by atoms with Crippen LogP contribution in [0.5, 0.6) is 0 Å². The monoisotopic (exact) mass is 563 g/mol. The van der Waals surface area contributed by atoms with Crippen molar-refractivity contribution < 1.29 is 23.9 Å². The minimum Gasteiger partial charge on any atom is -0.381 e. The number of nitrogens with one attached hydrogen (secondary N) is 3. The predicted octanol–water partition coefficient (Wildman–Crippen LogP) is 2.23. The molecule has 39 heavy (non-hydrogen) atoms. The fourth-order valence-corrected chi connectivity index (χ4v) is 5.31. The molecule has 10 nitrogen and oxygen atoms in total. The summed E-state index contributed by atoms with van der Waals surface area (Å²) in [4.78, 5) is 56.2. The number of ether oxygens (including phenoxy) is 1. The number of amides is 4. The first-order valence-electron chi connectivity index (χ1n) is 13.8. The van der Waals surface area contributed by atoms with E-state index in [4.69, 9.17) is 10.5 Å². The maximum absolute atomic E-state index is 13.6. The topological polar surface area (TPSA) is 153 Å². The van der Waals surface area contributed by atoms with E-state index in [0.29, 0.717) is 50.4 Å². The van der Waals surface area contributed by atoms with Crippen LogP contribution in [0.1, 0.15) is 71.2 Å². The van der Waals surface area contributed by atoms with Crippen LogP contribution in [0.2, 0.25) is 0 Å². The largest absolute Gasteiger partial charge is 0.381 e. The number of hydrogen-bond donors (Lipinski definition) is 4. The predicted molar refractivity (Wildman–Crippen MR) is 153 cm³/mol. The summed E-state index contributed by atoms with van der Waals surface area (Å²) in [6.07, 6.45) is 1.88. The molecule has 1 aromatic rings. The molecule has 1 saturated heterocycles. The number of nitrogens with two attached hydrogens (primary N) is 1. The van der Waals surface area contributed by atoms with Gasteiger partial charge in [0.15, 0.2) is 0 Å². The molecule has 1 aliphatic rings. The molecule has 0 bridgehead atoms. The highest BCUT2D eigenvalue weighted by molar-refractivity contribution is 7.98. The lowest BCUT2D eigenvalue weighted by atomic mass is 9.87. The van der Waals surface area contributed by atoms with Crippen LogP contribution in [-0.2, 0) is 29.7 Å². The first kappa shape index (κ1) is 32.6. The van der Waals surface area contributed by atoms with Gasteiger partial charge in [-0.15, -0.1) is 0 Å². The van der Waals surface area contributed by atoms with Crippen molar-refractivity contribution in [3.63, 3.8) is 0 Å². The zero-order valence-corrected chi connectivity index (χ0v) is 24.7. The molecule has 0 saturated carbocycles. The molecule has 1 aliphatic heterocycles. The van der Waals surface area contributed by atoms with E-state index >= 15 is 0 Å². The number of aryl methyl sites for hydroxylation is 1. The molecule has 5 N–H and O–H groups in total. The third-order valence-electron chi connectivity index (χ3n) is 6.98. The van der Waals surface area contributed by atoms with Gasteiger partial charge < -0.3 is 26.4 Å². The highest BCUT2D eigenvalue weighted by atomic mass is 32.2. The summed E-state index contributed by atoms with van der Waals surface area (Å²) in [7, 11) is 0. The van der Waals surface area contributed by atoms with Crippen LogP contribution in [0.25, 0.3) is 0 Å². The molecule has 0 aliphatic carbocycles. The molecule has 1 fully saturated rings. The van der Waals surface area contributed by atoms with Crippen LogP contribution in [0.3, 0.4) is 0 Å². The number of aromatic nitrogens is 1. The second-order valence-corrected chi connectivity index (χ2v) is 11.9. The molecule has 0 radical (unpaired) electrons. The number of carbonyl (C=O) groups excluding carboxylic acids is 4. The van der Waals surface area contributed by atoms with E-state index in [9.17, 15) is 19.2 Å². The normalized spacial score (nSPS) is 17.1. The van der Waals surface area contributed by atoms with E-state index in [1.54, 1.807) is 11.8 Å². The minimum absolute atomic E-state index is 0.0943. The van der Waals surface area contributed by atoms with E-state index in [-0.39, 0.29) is 24.2 Å². The molecular formula is C28H45N5O5S. The molecule has 4 amide bonds. The number of thioether (sulfide) groups is 1. The van der Waals surface area contributed by atoms with Gasteiger partial charge in [0.05, 0.1) is 5.69 Å². The van der Waals surface area contributed by atoms with Crippen LogP contribution < -0.4 is 21.7 Å². The fourth-order valence-electron chi connectivity index (χ4n) is 4.46. The van der Waals surface area contributed by atoms with Crippen molar-refractivity contribution in [3.05, 3.63) is 29.6 Å². The fraction of sp³-hybridized carbons (Fsp3) is 0.679.